The summed E-state index contributed by atoms with van der Waals surface area (Å²) in [4.78, 5) is 26.4. The molecule has 3 rings (SSSR count). The third-order valence-corrected chi connectivity index (χ3v) is 6.66. The normalized spacial score (nSPS) is 11.1. The molecule has 0 bridgehead atoms. The number of ether oxygens (including phenoxy) is 2. The lowest BCUT2D eigenvalue weighted by Crippen LogP contribution is -2.17. The summed E-state index contributed by atoms with van der Waals surface area (Å²) in [5.41, 5.74) is -0.667. The summed E-state index contributed by atoms with van der Waals surface area (Å²) in [7, 11) is 0.0709. The smallest absolute Gasteiger partial charge is 0.254 e. The maximum atomic E-state index is 13.3. The van der Waals surface area contributed by atoms with E-state index < -0.39 is 19.1 Å². The van der Waals surface area contributed by atoms with Crippen molar-refractivity contribution < 1.29 is 23.6 Å². The molecule has 9 heteroatoms. The Morgan fingerprint density at radius 2 is 1.35 bits per heavy atom. The van der Waals surface area contributed by atoms with Gasteiger partial charge in [0.15, 0.2) is 13.6 Å². The number of rotatable bonds is 7. The fourth-order valence-corrected chi connectivity index (χ4v) is 5.26. The van der Waals surface area contributed by atoms with Crippen LogP contribution in [0.3, 0.4) is 0 Å². The van der Waals surface area contributed by atoms with Crippen molar-refractivity contribution >= 4 is 59.2 Å². The molecule has 1 atom stereocenters. The van der Waals surface area contributed by atoms with Crippen molar-refractivity contribution in [2.45, 2.75) is 0 Å². The highest BCUT2D eigenvalue weighted by Gasteiger charge is 2.29. The number of hydrogen-bond donors (Lipinski definition) is 0. The molecule has 0 aliphatic heterocycles. The number of benzene rings is 3. The fraction of sp³-hybridized carbons (Fsp3) is 0.0909. The number of hydrogen-bond acceptors (Lipinski definition) is 5. The van der Waals surface area contributed by atoms with Crippen LogP contribution in [0.1, 0.15) is 26.3 Å². The quantitative estimate of drug-likeness (QED) is 0.288. The highest BCUT2D eigenvalue weighted by Crippen LogP contribution is 2.38. The first-order valence-corrected chi connectivity index (χ1v) is 11.2. The van der Waals surface area contributed by atoms with Gasteiger partial charge in [0.25, 0.3) is 5.52 Å². The van der Waals surface area contributed by atoms with Crippen LogP contribution in [0.4, 0.5) is 0 Å². The Kier molecular flexibility index (Phi) is 7.34. The van der Waals surface area contributed by atoms with E-state index in [1.807, 2.05) is 0 Å². The van der Waals surface area contributed by atoms with E-state index in [2.05, 4.69) is 0 Å². The zero-order chi connectivity index (χ0) is 22.7. The van der Waals surface area contributed by atoms with Crippen molar-refractivity contribution in [2.24, 2.45) is 0 Å². The number of methoxy groups -OCH3 is 2. The maximum absolute atomic E-state index is 13.3. The largest absolute Gasteiger partial charge is 0.496 e. The van der Waals surface area contributed by atoms with Gasteiger partial charge in [-0.05, 0) is 36.4 Å². The first-order chi connectivity index (χ1) is 14.8. The number of carbonyl (C=O) groups is 2. The maximum Gasteiger partial charge on any atom is 0.254 e. The molecule has 0 aromatic heterocycles. The summed E-state index contributed by atoms with van der Waals surface area (Å²) in [6, 6.07) is 13.6. The molecule has 0 saturated heterocycles. The second kappa shape index (κ2) is 9.80. The molecular weight excluding hydrogens is 482 g/mol. The molecule has 0 aliphatic rings. The molecule has 0 spiro atoms. The predicted octanol–water partition coefficient (Wildman–Crippen LogP) is 6.19. The summed E-state index contributed by atoms with van der Waals surface area (Å²) in [6.45, 7) is 0. The molecule has 159 valence electrons. The number of carbonyl (C=O) groups excluding carboxylic acids is 2. The average Bonchev–Trinajstić information content (AvgIpc) is 2.76. The van der Waals surface area contributed by atoms with E-state index in [0.717, 1.165) is 0 Å². The molecule has 0 N–H and O–H groups in total. The minimum absolute atomic E-state index is 0.00547. The Morgan fingerprint density at radius 3 is 1.90 bits per heavy atom. The van der Waals surface area contributed by atoms with Gasteiger partial charge < -0.3 is 9.47 Å². The van der Waals surface area contributed by atoms with E-state index in [1.165, 1.54) is 38.5 Å². The Bertz CT molecular complexity index is 1160. The van der Waals surface area contributed by atoms with Gasteiger partial charge in [-0.1, -0.05) is 53.0 Å². The van der Waals surface area contributed by atoms with Gasteiger partial charge >= 0.3 is 0 Å². The lowest BCUT2D eigenvalue weighted by Gasteiger charge is -2.13. The SMILES string of the molecule is COc1cccc(OC)c1C(=O)[P](=O)c1ccccc1C(=O)c1c(Cl)cc(Cl)cc1Cl. The zero-order valence-electron chi connectivity index (χ0n) is 16.3. The minimum atomic E-state index is -2.71. The molecule has 5 nitrogen and oxygen atoms in total. The molecule has 0 saturated carbocycles. The van der Waals surface area contributed by atoms with E-state index in [-0.39, 0.29) is 48.6 Å². The van der Waals surface area contributed by atoms with Gasteiger partial charge in [-0.3, -0.25) is 14.2 Å². The van der Waals surface area contributed by atoms with Crippen molar-refractivity contribution in [1.29, 1.82) is 0 Å². The third kappa shape index (κ3) is 4.60. The zero-order valence-corrected chi connectivity index (χ0v) is 19.5. The van der Waals surface area contributed by atoms with Crippen LogP contribution in [0, 0.1) is 0 Å². The Labute approximate surface area is 194 Å². The van der Waals surface area contributed by atoms with Gasteiger partial charge in [0.2, 0.25) is 0 Å². The molecule has 31 heavy (non-hydrogen) atoms. The highest BCUT2D eigenvalue weighted by atomic mass is 35.5. The van der Waals surface area contributed by atoms with Crippen molar-refractivity contribution in [3.63, 3.8) is 0 Å². The summed E-state index contributed by atoms with van der Waals surface area (Å²) in [5.74, 6) is -0.161. The molecule has 0 aliphatic carbocycles. The topological polar surface area (TPSA) is 69.7 Å². The van der Waals surface area contributed by atoms with E-state index in [0.29, 0.717) is 0 Å². The standard InChI is InChI=1S/C22H15Cl3O5P/c1-29-16-7-5-8-17(30-2)20(16)22(27)31(28)18-9-4-3-6-13(18)21(26)19-14(24)10-12(23)11-15(19)25/h3-11H,1-2H3. The number of ketones is 1. The van der Waals surface area contributed by atoms with Gasteiger partial charge in [0.05, 0.1) is 35.1 Å². The molecule has 0 amide bonds. The van der Waals surface area contributed by atoms with Crippen LogP contribution in [0.25, 0.3) is 0 Å². The lowest BCUT2D eigenvalue weighted by atomic mass is 10.0. The van der Waals surface area contributed by atoms with Gasteiger partial charge in [-0.2, -0.15) is 0 Å². The van der Waals surface area contributed by atoms with Crippen LogP contribution < -0.4 is 14.8 Å². The Morgan fingerprint density at radius 1 is 0.806 bits per heavy atom. The van der Waals surface area contributed by atoms with Crippen molar-refractivity contribution in [3.8, 4) is 11.5 Å². The average molecular weight is 497 g/mol. The third-order valence-electron chi connectivity index (χ3n) is 4.43. The van der Waals surface area contributed by atoms with Gasteiger partial charge in [0, 0.05) is 10.6 Å². The molecule has 0 fully saturated rings. The van der Waals surface area contributed by atoms with Crippen LogP contribution in [0.2, 0.25) is 15.1 Å². The highest BCUT2D eigenvalue weighted by molar-refractivity contribution is 7.71. The van der Waals surface area contributed by atoms with E-state index in [4.69, 9.17) is 44.3 Å². The predicted molar refractivity (Wildman–Crippen MR) is 122 cm³/mol. The molecule has 0 heterocycles. The Balaban J connectivity index is 2.11. The van der Waals surface area contributed by atoms with Crippen LogP contribution in [-0.2, 0) is 4.57 Å². The van der Waals surface area contributed by atoms with E-state index >= 15 is 0 Å². The monoisotopic (exact) mass is 495 g/mol. The van der Waals surface area contributed by atoms with Crippen LogP contribution in [0.15, 0.2) is 54.6 Å². The molecule has 1 unspecified atom stereocenters. The van der Waals surface area contributed by atoms with Crippen LogP contribution in [-0.4, -0.2) is 25.5 Å². The molecule has 3 aromatic rings. The van der Waals surface area contributed by atoms with Crippen molar-refractivity contribution in [3.05, 3.63) is 86.4 Å². The van der Waals surface area contributed by atoms with Crippen molar-refractivity contribution in [1.82, 2.24) is 0 Å². The first-order valence-electron chi connectivity index (χ1n) is 8.81. The molecule has 1 radical (unpaired) electrons. The molecular formula is C22H15Cl3O5P. The minimum Gasteiger partial charge on any atom is -0.496 e. The van der Waals surface area contributed by atoms with Gasteiger partial charge in [-0.15, -0.1) is 0 Å². The fourth-order valence-electron chi connectivity index (χ4n) is 3.01. The summed E-state index contributed by atoms with van der Waals surface area (Å²) in [5, 5.41) is 0.405. The second-order valence-electron chi connectivity index (χ2n) is 6.23. The lowest BCUT2D eigenvalue weighted by molar-refractivity contribution is 0.103. The van der Waals surface area contributed by atoms with E-state index in [1.54, 1.807) is 30.3 Å². The van der Waals surface area contributed by atoms with Crippen molar-refractivity contribution in [2.75, 3.05) is 14.2 Å². The Hall–Kier alpha value is -2.43. The summed E-state index contributed by atoms with van der Waals surface area (Å²) < 4.78 is 23.8. The van der Waals surface area contributed by atoms with Crippen LogP contribution >= 0.6 is 42.6 Å². The number of halogens is 3. The van der Waals surface area contributed by atoms with Gasteiger partial charge in [-0.25, -0.2) is 0 Å². The van der Waals surface area contributed by atoms with Gasteiger partial charge in [0.1, 0.15) is 17.1 Å². The first kappa shape index (κ1) is 23.2. The summed E-state index contributed by atoms with van der Waals surface area (Å²) >= 11 is 18.3. The van der Waals surface area contributed by atoms with E-state index in [9.17, 15) is 14.2 Å². The molecule has 3 aromatic carbocycles. The second-order valence-corrected chi connectivity index (χ2v) is 8.96. The van der Waals surface area contributed by atoms with Crippen LogP contribution in [0.5, 0.6) is 11.5 Å². The summed E-state index contributed by atoms with van der Waals surface area (Å²) in [6.07, 6.45) is 0.